The molecule has 0 unspecified atom stereocenters. The van der Waals surface area contributed by atoms with Crippen LogP contribution in [0.1, 0.15) is 37.8 Å². The van der Waals surface area contributed by atoms with E-state index in [0.717, 1.165) is 37.1 Å². The number of pyridine rings is 1. The molecule has 0 aliphatic heterocycles. The van der Waals surface area contributed by atoms with Crippen LogP contribution in [0.25, 0.3) is 5.69 Å². The summed E-state index contributed by atoms with van der Waals surface area (Å²) in [5.74, 6) is 0.321. The second-order valence-electron chi connectivity index (χ2n) is 5.41. The lowest BCUT2D eigenvalue weighted by atomic mass is 9.89. The summed E-state index contributed by atoms with van der Waals surface area (Å²) in [5.41, 5.74) is 1.67. The molecule has 2 aromatic heterocycles. The van der Waals surface area contributed by atoms with Gasteiger partial charge in [-0.3, -0.25) is 9.78 Å². The molecule has 1 saturated carbocycles. The molecule has 1 amide bonds. The molecule has 1 aliphatic carbocycles. The molecule has 0 radical (unpaired) electrons. The van der Waals surface area contributed by atoms with Crippen molar-refractivity contribution in [1.82, 2.24) is 25.3 Å². The highest BCUT2D eigenvalue weighted by Crippen LogP contribution is 2.23. The largest absolute Gasteiger partial charge is 0.350 e. The molecule has 0 atom stereocenters. The lowest BCUT2D eigenvalue weighted by Gasteiger charge is -2.20. The van der Waals surface area contributed by atoms with E-state index >= 15 is 0 Å². The van der Waals surface area contributed by atoms with Gasteiger partial charge in [0.25, 0.3) is 0 Å². The van der Waals surface area contributed by atoms with Crippen molar-refractivity contribution in [2.75, 3.05) is 0 Å². The van der Waals surface area contributed by atoms with Crippen LogP contribution < -0.4 is 5.32 Å². The Labute approximate surface area is 123 Å². The molecule has 6 heteroatoms. The number of carbonyl (C=O) groups is 1. The van der Waals surface area contributed by atoms with Gasteiger partial charge >= 0.3 is 0 Å². The van der Waals surface area contributed by atoms with Crippen LogP contribution >= 0.6 is 0 Å². The van der Waals surface area contributed by atoms with E-state index in [1.807, 2.05) is 18.3 Å². The molecule has 1 N–H and O–H groups in total. The van der Waals surface area contributed by atoms with E-state index < -0.39 is 0 Å². The van der Waals surface area contributed by atoms with E-state index in [-0.39, 0.29) is 11.8 Å². The van der Waals surface area contributed by atoms with Crippen molar-refractivity contribution in [3.63, 3.8) is 0 Å². The van der Waals surface area contributed by atoms with Crippen LogP contribution in [-0.4, -0.2) is 25.9 Å². The number of nitrogens with one attached hydrogen (secondary N) is 1. The molecular weight excluding hydrogens is 266 g/mol. The van der Waals surface area contributed by atoms with Gasteiger partial charge in [0.1, 0.15) is 5.69 Å². The molecule has 2 heterocycles. The second-order valence-corrected chi connectivity index (χ2v) is 5.41. The van der Waals surface area contributed by atoms with E-state index in [9.17, 15) is 4.79 Å². The van der Waals surface area contributed by atoms with Crippen LogP contribution in [-0.2, 0) is 11.3 Å². The number of nitrogens with zero attached hydrogens (tertiary/aromatic N) is 4. The molecule has 21 heavy (non-hydrogen) atoms. The molecule has 1 fully saturated rings. The van der Waals surface area contributed by atoms with Crippen molar-refractivity contribution in [2.45, 2.75) is 38.6 Å². The normalized spacial score (nSPS) is 15.8. The highest BCUT2D eigenvalue weighted by molar-refractivity contribution is 5.78. The van der Waals surface area contributed by atoms with Crippen molar-refractivity contribution in [1.29, 1.82) is 0 Å². The SMILES string of the molecule is O=C(NCc1cn(-c2ccncc2)nn1)C1CCCCC1. The highest BCUT2D eigenvalue weighted by Gasteiger charge is 2.20. The summed E-state index contributed by atoms with van der Waals surface area (Å²) in [6, 6.07) is 3.72. The molecule has 0 spiro atoms. The fourth-order valence-corrected chi connectivity index (χ4v) is 2.69. The number of amides is 1. The first-order chi connectivity index (χ1) is 10.3. The minimum absolute atomic E-state index is 0.146. The first-order valence-corrected chi connectivity index (χ1v) is 7.42. The lowest BCUT2D eigenvalue weighted by Crippen LogP contribution is -2.31. The average Bonchev–Trinajstić information content (AvgIpc) is 3.03. The van der Waals surface area contributed by atoms with Gasteiger partial charge in [-0.2, -0.15) is 0 Å². The minimum atomic E-state index is 0.146. The Morgan fingerprint density at radius 1 is 1.24 bits per heavy atom. The number of aromatic nitrogens is 4. The predicted octanol–water partition coefficient (Wildman–Crippen LogP) is 1.86. The summed E-state index contributed by atoms with van der Waals surface area (Å²) in [6.45, 7) is 0.431. The molecule has 1 aliphatic rings. The third-order valence-corrected chi connectivity index (χ3v) is 3.89. The van der Waals surface area contributed by atoms with Gasteiger partial charge in [-0.15, -0.1) is 5.10 Å². The maximum Gasteiger partial charge on any atom is 0.223 e. The molecule has 2 aromatic rings. The maximum absolute atomic E-state index is 12.1. The topological polar surface area (TPSA) is 72.7 Å². The number of carbonyl (C=O) groups excluding carboxylic acids is 1. The molecule has 3 rings (SSSR count). The number of hydrogen-bond donors (Lipinski definition) is 1. The summed E-state index contributed by atoms with van der Waals surface area (Å²) in [6.07, 6.45) is 10.8. The Kier molecular flexibility index (Phi) is 4.23. The van der Waals surface area contributed by atoms with Crippen LogP contribution in [0.2, 0.25) is 0 Å². The van der Waals surface area contributed by atoms with Crippen molar-refractivity contribution in [3.05, 3.63) is 36.4 Å². The van der Waals surface area contributed by atoms with E-state index in [1.165, 1.54) is 6.42 Å². The Morgan fingerprint density at radius 3 is 2.76 bits per heavy atom. The Hall–Kier alpha value is -2.24. The van der Waals surface area contributed by atoms with Gasteiger partial charge in [0, 0.05) is 18.3 Å². The maximum atomic E-state index is 12.1. The van der Waals surface area contributed by atoms with Gasteiger partial charge in [-0.1, -0.05) is 24.5 Å². The summed E-state index contributed by atoms with van der Waals surface area (Å²) < 4.78 is 1.68. The summed E-state index contributed by atoms with van der Waals surface area (Å²) >= 11 is 0. The molecule has 110 valence electrons. The summed E-state index contributed by atoms with van der Waals surface area (Å²) in [5, 5.41) is 11.1. The van der Waals surface area contributed by atoms with Gasteiger partial charge in [0.15, 0.2) is 0 Å². The first-order valence-electron chi connectivity index (χ1n) is 7.42. The van der Waals surface area contributed by atoms with Crippen LogP contribution in [0.4, 0.5) is 0 Å². The van der Waals surface area contributed by atoms with Crippen molar-refractivity contribution < 1.29 is 4.79 Å². The van der Waals surface area contributed by atoms with Gasteiger partial charge in [0.05, 0.1) is 18.4 Å². The smallest absolute Gasteiger partial charge is 0.223 e. The van der Waals surface area contributed by atoms with E-state index in [2.05, 4.69) is 20.6 Å². The second kappa shape index (κ2) is 6.47. The highest BCUT2D eigenvalue weighted by atomic mass is 16.1. The van der Waals surface area contributed by atoms with Gasteiger partial charge in [-0.05, 0) is 25.0 Å². The Bertz CT molecular complexity index is 589. The first kappa shape index (κ1) is 13.7. The fraction of sp³-hybridized carbons (Fsp3) is 0.467. The van der Waals surface area contributed by atoms with Crippen LogP contribution in [0.3, 0.4) is 0 Å². The molecule has 0 saturated heterocycles. The zero-order chi connectivity index (χ0) is 14.5. The zero-order valence-electron chi connectivity index (χ0n) is 11.9. The monoisotopic (exact) mass is 285 g/mol. The quantitative estimate of drug-likeness (QED) is 0.930. The van der Waals surface area contributed by atoms with Crippen molar-refractivity contribution in [3.8, 4) is 5.69 Å². The van der Waals surface area contributed by atoms with E-state index in [4.69, 9.17) is 0 Å². The van der Waals surface area contributed by atoms with E-state index in [0.29, 0.717) is 6.54 Å². The van der Waals surface area contributed by atoms with Crippen LogP contribution in [0.15, 0.2) is 30.7 Å². The van der Waals surface area contributed by atoms with Gasteiger partial charge in [-0.25, -0.2) is 4.68 Å². The average molecular weight is 285 g/mol. The Balaban J connectivity index is 1.56. The molecular formula is C15H19N5O. The van der Waals surface area contributed by atoms with Gasteiger partial charge < -0.3 is 5.32 Å². The summed E-state index contributed by atoms with van der Waals surface area (Å²) in [4.78, 5) is 16.0. The molecule has 0 bridgehead atoms. The summed E-state index contributed by atoms with van der Waals surface area (Å²) in [7, 11) is 0. The zero-order valence-corrected chi connectivity index (χ0v) is 11.9. The Morgan fingerprint density at radius 2 is 2.00 bits per heavy atom. The fourth-order valence-electron chi connectivity index (χ4n) is 2.69. The van der Waals surface area contributed by atoms with Crippen LogP contribution in [0, 0.1) is 5.92 Å². The predicted molar refractivity (Wildman–Crippen MR) is 77.6 cm³/mol. The standard InChI is InChI=1S/C15H19N5O/c21-15(12-4-2-1-3-5-12)17-10-13-11-20(19-18-13)14-6-8-16-9-7-14/h6-9,11-12H,1-5,10H2,(H,17,21). The molecule has 0 aromatic carbocycles. The van der Waals surface area contributed by atoms with Gasteiger partial charge in [0.2, 0.25) is 5.91 Å². The number of hydrogen-bond acceptors (Lipinski definition) is 4. The third kappa shape index (κ3) is 3.45. The lowest BCUT2D eigenvalue weighted by molar-refractivity contribution is -0.126. The van der Waals surface area contributed by atoms with Crippen molar-refractivity contribution >= 4 is 5.91 Å². The number of rotatable bonds is 4. The third-order valence-electron chi connectivity index (χ3n) is 3.89. The molecule has 6 nitrogen and oxygen atoms in total. The van der Waals surface area contributed by atoms with Crippen LogP contribution in [0.5, 0.6) is 0 Å². The van der Waals surface area contributed by atoms with E-state index in [1.54, 1.807) is 17.1 Å². The van der Waals surface area contributed by atoms with Crippen molar-refractivity contribution in [2.24, 2.45) is 5.92 Å². The minimum Gasteiger partial charge on any atom is -0.350 e.